The minimum absolute atomic E-state index is 0.172. The number of carboxylic acids is 1. The van der Waals surface area contributed by atoms with E-state index >= 15 is 0 Å². The first-order valence-electron chi connectivity index (χ1n) is 8.74. The molecule has 2 aromatic rings. The van der Waals surface area contributed by atoms with Gasteiger partial charge in [0.05, 0.1) is 5.56 Å². The maximum absolute atomic E-state index is 11.9. The zero-order valence-electron chi connectivity index (χ0n) is 14.8. The predicted octanol–water partition coefficient (Wildman–Crippen LogP) is 3.60. The maximum Gasteiger partial charge on any atom is 0.336 e. The van der Waals surface area contributed by atoms with Gasteiger partial charge in [0.25, 0.3) is 0 Å². The number of benzene rings is 3. The fraction of sp³-hybridized carbons (Fsp3) is 0.0909. The van der Waals surface area contributed by atoms with Gasteiger partial charge in [-0.2, -0.15) is 0 Å². The van der Waals surface area contributed by atoms with Crippen molar-refractivity contribution in [1.82, 2.24) is 0 Å². The third-order valence-corrected chi connectivity index (χ3v) is 4.48. The van der Waals surface area contributed by atoms with Gasteiger partial charge in [-0.15, -0.1) is 0 Å². The van der Waals surface area contributed by atoms with Crippen LogP contribution < -0.4 is 15.9 Å². The lowest BCUT2D eigenvalue weighted by Gasteiger charge is -2.17. The largest absolute Gasteiger partial charge is 0.492 e. The fourth-order valence-electron chi connectivity index (χ4n) is 3.30. The van der Waals surface area contributed by atoms with E-state index < -0.39 is 5.97 Å². The molecule has 4 rings (SSSR count). The summed E-state index contributed by atoms with van der Waals surface area (Å²) in [7, 11) is 0. The van der Waals surface area contributed by atoms with Gasteiger partial charge < -0.3 is 20.0 Å². The zero-order chi connectivity index (χ0) is 19.7. The van der Waals surface area contributed by atoms with Gasteiger partial charge in [0, 0.05) is 35.2 Å². The highest BCUT2D eigenvalue weighted by atomic mass is 16.5. The van der Waals surface area contributed by atoms with Crippen molar-refractivity contribution in [3.05, 3.63) is 76.5 Å². The number of nitrogens with two attached hydrogens (primary N) is 1. The number of carboxylic acid groups (broad SMARTS) is 1. The van der Waals surface area contributed by atoms with Gasteiger partial charge in [-0.05, 0) is 35.9 Å². The highest BCUT2D eigenvalue weighted by Crippen LogP contribution is 2.41. The van der Waals surface area contributed by atoms with E-state index in [0.717, 1.165) is 5.39 Å². The minimum atomic E-state index is -1.03. The van der Waals surface area contributed by atoms with E-state index in [-0.39, 0.29) is 11.0 Å². The van der Waals surface area contributed by atoms with Gasteiger partial charge in [-0.25, -0.2) is 4.79 Å². The van der Waals surface area contributed by atoms with Gasteiger partial charge in [0.2, 0.25) is 0 Å². The molecule has 0 unspecified atom stereocenters. The Morgan fingerprint density at radius 3 is 2.64 bits per heavy atom. The first-order chi connectivity index (χ1) is 13.6. The third kappa shape index (κ3) is 3.10. The van der Waals surface area contributed by atoms with Gasteiger partial charge >= 0.3 is 5.97 Å². The van der Waals surface area contributed by atoms with Crippen molar-refractivity contribution < 1.29 is 19.1 Å². The molecule has 6 nitrogen and oxygen atoms in total. The van der Waals surface area contributed by atoms with Crippen LogP contribution in [0.5, 0.6) is 5.75 Å². The summed E-state index contributed by atoms with van der Waals surface area (Å²) in [6.07, 6.45) is 0. The molecule has 0 atom stereocenters. The standard InChI is InChI=1S/C22H17NO5/c23-9-10-27-14-6-8-18-20(12-14)28-19-11-13(24)5-7-17(19)21(18)15-3-1-2-4-16(15)22(25)26/h1-8,11-12H,9-10,23H2,(H,25,26). The lowest BCUT2D eigenvalue weighted by molar-refractivity contribution is 0.0697. The van der Waals surface area contributed by atoms with Crippen LogP contribution in [0.25, 0.3) is 33.4 Å². The Hall–Kier alpha value is -3.64. The summed E-state index contributed by atoms with van der Waals surface area (Å²) < 4.78 is 11.5. The van der Waals surface area contributed by atoms with Gasteiger partial charge in [0.1, 0.15) is 23.7 Å². The van der Waals surface area contributed by atoms with Crippen molar-refractivity contribution >= 4 is 16.9 Å². The SMILES string of the molecule is NCCOc1ccc2c(-c3ccccc3C(=O)O)c3ccc(=O)cc-3oc2c1. The van der Waals surface area contributed by atoms with Crippen molar-refractivity contribution in [3.63, 3.8) is 0 Å². The minimum Gasteiger partial charge on any atom is -0.492 e. The first-order valence-corrected chi connectivity index (χ1v) is 8.74. The van der Waals surface area contributed by atoms with E-state index in [4.69, 9.17) is 14.9 Å². The number of carbonyl (C=O) groups is 1. The number of hydrogen-bond donors (Lipinski definition) is 2. The van der Waals surface area contributed by atoms with E-state index in [1.807, 2.05) is 6.07 Å². The molecule has 3 N–H and O–H groups in total. The Morgan fingerprint density at radius 2 is 1.86 bits per heavy atom. The summed E-state index contributed by atoms with van der Waals surface area (Å²) in [6, 6.07) is 16.6. The van der Waals surface area contributed by atoms with Crippen molar-refractivity contribution in [3.8, 4) is 28.2 Å². The van der Waals surface area contributed by atoms with E-state index in [9.17, 15) is 14.7 Å². The Labute approximate surface area is 160 Å². The van der Waals surface area contributed by atoms with Crippen LogP contribution in [-0.2, 0) is 0 Å². The van der Waals surface area contributed by atoms with Crippen LogP contribution in [-0.4, -0.2) is 24.2 Å². The second kappa shape index (κ2) is 7.17. The Morgan fingerprint density at radius 1 is 1.04 bits per heavy atom. The van der Waals surface area contributed by atoms with E-state index in [0.29, 0.717) is 46.9 Å². The van der Waals surface area contributed by atoms with Crippen molar-refractivity contribution in [2.24, 2.45) is 5.73 Å². The van der Waals surface area contributed by atoms with Crippen molar-refractivity contribution in [2.45, 2.75) is 0 Å². The van der Waals surface area contributed by atoms with Crippen LogP contribution in [0.1, 0.15) is 10.4 Å². The normalized spacial score (nSPS) is 11.0. The Balaban J connectivity index is 2.08. The van der Waals surface area contributed by atoms with Gasteiger partial charge in [-0.1, -0.05) is 18.2 Å². The molecule has 0 amide bonds. The molecule has 1 aliphatic carbocycles. The highest BCUT2D eigenvalue weighted by molar-refractivity contribution is 6.07. The second-order valence-corrected chi connectivity index (χ2v) is 6.28. The van der Waals surface area contributed by atoms with Crippen LogP contribution in [0.15, 0.2) is 69.9 Å². The van der Waals surface area contributed by atoms with Crippen LogP contribution in [0, 0.1) is 0 Å². The zero-order valence-corrected chi connectivity index (χ0v) is 14.8. The molecule has 0 saturated heterocycles. The lowest BCUT2D eigenvalue weighted by Crippen LogP contribution is -2.10. The lowest BCUT2D eigenvalue weighted by atomic mass is 9.91. The molecule has 140 valence electrons. The number of hydrogen-bond acceptors (Lipinski definition) is 5. The van der Waals surface area contributed by atoms with Crippen LogP contribution in [0.2, 0.25) is 0 Å². The molecule has 2 aliphatic rings. The van der Waals surface area contributed by atoms with E-state index in [1.54, 1.807) is 42.5 Å². The molecular formula is C22H17NO5. The summed E-state index contributed by atoms with van der Waals surface area (Å²) in [6.45, 7) is 0.738. The van der Waals surface area contributed by atoms with Crippen LogP contribution in [0.3, 0.4) is 0 Å². The number of aromatic carboxylic acids is 1. The molecule has 0 radical (unpaired) electrons. The van der Waals surface area contributed by atoms with Crippen molar-refractivity contribution in [1.29, 1.82) is 0 Å². The second-order valence-electron chi connectivity index (χ2n) is 6.28. The number of fused-ring (bicyclic) bond motifs is 2. The molecule has 0 aromatic heterocycles. The van der Waals surface area contributed by atoms with Gasteiger partial charge in [0.15, 0.2) is 5.43 Å². The molecule has 6 heteroatoms. The maximum atomic E-state index is 11.9. The van der Waals surface area contributed by atoms with Crippen LogP contribution >= 0.6 is 0 Å². The molecule has 1 aliphatic heterocycles. The Bertz CT molecular complexity index is 1210. The average molecular weight is 375 g/mol. The molecule has 0 fully saturated rings. The number of rotatable bonds is 5. The smallest absolute Gasteiger partial charge is 0.336 e. The quantitative estimate of drug-likeness (QED) is 0.517. The summed E-state index contributed by atoms with van der Waals surface area (Å²) in [5, 5.41) is 10.4. The molecule has 0 spiro atoms. The summed E-state index contributed by atoms with van der Waals surface area (Å²) >= 11 is 0. The topological polar surface area (TPSA) is 103 Å². The molecule has 2 aromatic carbocycles. The highest BCUT2D eigenvalue weighted by Gasteiger charge is 2.21. The third-order valence-electron chi connectivity index (χ3n) is 4.48. The summed E-state index contributed by atoms with van der Waals surface area (Å²) in [5.41, 5.74) is 7.86. The summed E-state index contributed by atoms with van der Waals surface area (Å²) in [5.74, 6) is -0.0657. The molecule has 0 bridgehead atoms. The average Bonchev–Trinajstić information content (AvgIpc) is 2.70. The van der Waals surface area contributed by atoms with Crippen molar-refractivity contribution in [2.75, 3.05) is 13.2 Å². The first kappa shape index (κ1) is 17.8. The molecule has 28 heavy (non-hydrogen) atoms. The molecule has 0 saturated carbocycles. The molecule has 1 heterocycles. The fourth-order valence-corrected chi connectivity index (χ4v) is 3.30. The predicted molar refractivity (Wildman–Crippen MR) is 106 cm³/mol. The monoisotopic (exact) mass is 375 g/mol. The Kier molecular flexibility index (Phi) is 4.55. The number of ether oxygens (including phenoxy) is 1. The molecular weight excluding hydrogens is 358 g/mol. The van der Waals surface area contributed by atoms with E-state index in [1.165, 1.54) is 12.1 Å². The summed E-state index contributed by atoms with van der Waals surface area (Å²) in [4.78, 5) is 23.6. The van der Waals surface area contributed by atoms with E-state index in [2.05, 4.69) is 0 Å². The van der Waals surface area contributed by atoms with Crippen LogP contribution in [0.4, 0.5) is 0 Å². The van der Waals surface area contributed by atoms with Gasteiger partial charge in [-0.3, -0.25) is 4.79 Å².